The molecule has 0 spiro atoms. The lowest BCUT2D eigenvalue weighted by atomic mass is 10.1. The zero-order valence-corrected chi connectivity index (χ0v) is 16.6. The van der Waals surface area contributed by atoms with Crippen LogP contribution in [0.3, 0.4) is 0 Å². The number of rotatable bonds is 4. The van der Waals surface area contributed by atoms with E-state index >= 15 is 0 Å². The van der Waals surface area contributed by atoms with Crippen molar-refractivity contribution in [2.24, 2.45) is 5.10 Å². The van der Waals surface area contributed by atoms with E-state index in [-0.39, 0.29) is 5.91 Å². The monoisotopic (exact) mass is 379 g/mol. The Kier molecular flexibility index (Phi) is 5.47. The standard InChI is InChI=1S/C22H22ClN3O/c1-14-7-5-8-15(2)21(14)26-16(3)11-19(17(26)4)13-24-25-22(27)18-9-6-10-20(23)12-18/h5-13H,1-4H3,(H,25,27)/b24-13-. The molecule has 2 aromatic carbocycles. The van der Waals surface area contributed by atoms with Crippen molar-refractivity contribution in [3.63, 3.8) is 0 Å². The third-order valence-electron chi connectivity index (χ3n) is 4.59. The highest BCUT2D eigenvalue weighted by atomic mass is 35.5. The number of para-hydroxylation sites is 1. The predicted molar refractivity (Wildman–Crippen MR) is 111 cm³/mol. The summed E-state index contributed by atoms with van der Waals surface area (Å²) in [5.41, 5.74) is 9.81. The molecule has 0 aliphatic heterocycles. The molecule has 0 unspecified atom stereocenters. The minimum atomic E-state index is -0.294. The fraction of sp³-hybridized carbons (Fsp3) is 0.182. The average Bonchev–Trinajstić information content (AvgIpc) is 2.89. The van der Waals surface area contributed by atoms with Crippen LogP contribution in [0.5, 0.6) is 0 Å². The van der Waals surface area contributed by atoms with Crippen molar-refractivity contribution in [3.8, 4) is 5.69 Å². The molecule has 3 rings (SSSR count). The van der Waals surface area contributed by atoms with Crippen molar-refractivity contribution >= 4 is 23.7 Å². The van der Waals surface area contributed by atoms with Crippen LogP contribution in [-0.2, 0) is 0 Å². The number of hydrogen-bond donors (Lipinski definition) is 1. The Morgan fingerprint density at radius 3 is 2.37 bits per heavy atom. The number of nitrogens with one attached hydrogen (secondary N) is 1. The Morgan fingerprint density at radius 1 is 1.04 bits per heavy atom. The lowest BCUT2D eigenvalue weighted by Crippen LogP contribution is -2.17. The quantitative estimate of drug-likeness (QED) is 0.495. The molecule has 1 aromatic heterocycles. The number of carbonyl (C=O) groups is 1. The molecular formula is C22H22ClN3O. The summed E-state index contributed by atoms with van der Waals surface area (Å²) in [6, 6.07) is 15.1. The summed E-state index contributed by atoms with van der Waals surface area (Å²) in [5, 5.41) is 4.64. The molecule has 5 heteroatoms. The molecule has 3 aromatic rings. The Morgan fingerprint density at radius 2 is 1.70 bits per heavy atom. The second-order valence-electron chi connectivity index (χ2n) is 6.61. The Hall–Kier alpha value is -2.85. The first kappa shape index (κ1) is 18.9. The first-order chi connectivity index (χ1) is 12.9. The van der Waals surface area contributed by atoms with Crippen molar-refractivity contribution in [1.82, 2.24) is 9.99 Å². The lowest BCUT2D eigenvalue weighted by molar-refractivity contribution is 0.0955. The fourth-order valence-corrected chi connectivity index (χ4v) is 3.47. The highest BCUT2D eigenvalue weighted by Gasteiger charge is 2.13. The van der Waals surface area contributed by atoms with Gasteiger partial charge >= 0.3 is 0 Å². The van der Waals surface area contributed by atoms with Crippen molar-refractivity contribution < 1.29 is 4.79 Å². The van der Waals surface area contributed by atoms with Gasteiger partial charge in [-0.05, 0) is 63.1 Å². The third-order valence-corrected chi connectivity index (χ3v) is 4.83. The van der Waals surface area contributed by atoms with Gasteiger partial charge in [-0.15, -0.1) is 0 Å². The molecule has 0 bridgehead atoms. The van der Waals surface area contributed by atoms with Crippen molar-refractivity contribution in [2.75, 3.05) is 0 Å². The van der Waals surface area contributed by atoms with Crippen LogP contribution in [0.15, 0.2) is 53.6 Å². The summed E-state index contributed by atoms with van der Waals surface area (Å²) in [7, 11) is 0. The lowest BCUT2D eigenvalue weighted by Gasteiger charge is -2.15. The summed E-state index contributed by atoms with van der Waals surface area (Å²) in [4.78, 5) is 12.2. The van der Waals surface area contributed by atoms with Crippen LogP contribution in [0.1, 0.15) is 38.4 Å². The van der Waals surface area contributed by atoms with Gasteiger partial charge in [-0.3, -0.25) is 4.79 Å². The van der Waals surface area contributed by atoms with Crippen molar-refractivity contribution in [2.45, 2.75) is 27.7 Å². The maximum absolute atomic E-state index is 12.2. The zero-order valence-electron chi connectivity index (χ0n) is 15.9. The van der Waals surface area contributed by atoms with E-state index in [1.165, 1.54) is 16.8 Å². The Labute approximate surface area is 164 Å². The van der Waals surface area contributed by atoms with Crippen molar-refractivity contribution in [1.29, 1.82) is 0 Å². The molecule has 0 fully saturated rings. The topological polar surface area (TPSA) is 46.4 Å². The molecule has 0 atom stereocenters. The van der Waals surface area contributed by atoms with Gasteiger partial charge < -0.3 is 4.57 Å². The minimum Gasteiger partial charge on any atom is -0.317 e. The maximum atomic E-state index is 12.2. The van der Waals surface area contributed by atoms with E-state index in [4.69, 9.17) is 11.6 Å². The molecule has 0 saturated carbocycles. The van der Waals surface area contributed by atoms with Gasteiger partial charge in [0, 0.05) is 27.5 Å². The van der Waals surface area contributed by atoms with Gasteiger partial charge in [0.1, 0.15) is 0 Å². The smallest absolute Gasteiger partial charge is 0.271 e. The van der Waals surface area contributed by atoms with Gasteiger partial charge in [-0.25, -0.2) is 5.43 Å². The maximum Gasteiger partial charge on any atom is 0.271 e. The largest absolute Gasteiger partial charge is 0.317 e. The van der Waals surface area contributed by atoms with Gasteiger partial charge in [0.15, 0.2) is 0 Å². The van der Waals surface area contributed by atoms with E-state index in [1.54, 1.807) is 30.5 Å². The van der Waals surface area contributed by atoms with E-state index < -0.39 is 0 Å². The molecule has 0 aliphatic carbocycles. The number of carbonyl (C=O) groups excluding carboxylic acids is 1. The number of aryl methyl sites for hydroxylation is 3. The Bertz CT molecular complexity index is 1010. The molecule has 0 saturated heterocycles. The number of nitrogens with zero attached hydrogens (tertiary/aromatic N) is 2. The van der Waals surface area contributed by atoms with E-state index in [0.29, 0.717) is 10.6 Å². The number of benzene rings is 2. The van der Waals surface area contributed by atoms with Crippen LogP contribution in [0.2, 0.25) is 5.02 Å². The first-order valence-corrected chi connectivity index (χ1v) is 9.11. The van der Waals surface area contributed by atoms with Crippen LogP contribution in [0.4, 0.5) is 0 Å². The molecule has 27 heavy (non-hydrogen) atoms. The summed E-state index contributed by atoms with van der Waals surface area (Å²) < 4.78 is 2.23. The summed E-state index contributed by atoms with van der Waals surface area (Å²) in [6.07, 6.45) is 1.68. The molecule has 0 aliphatic rings. The first-order valence-electron chi connectivity index (χ1n) is 8.73. The van der Waals surface area contributed by atoms with Crippen LogP contribution < -0.4 is 5.43 Å². The molecule has 1 N–H and O–H groups in total. The minimum absolute atomic E-state index is 0.294. The summed E-state index contributed by atoms with van der Waals surface area (Å²) >= 11 is 5.92. The van der Waals surface area contributed by atoms with E-state index in [9.17, 15) is 4.79 Å². The fourth-order valence-electron chi connectivity index (χ4n) is 3.28. The third kappa shape index (κ3) is 3.96. The number of hydrazone groups is 1. The molecule has 0 radical (unpaired) electrons. The van der Waals surface area contributed by atoms with Gasteiger partial charge in [-0.1, -0.05) is 35.9 Å². The van der Waals surface area contributed by atoms with Crippen LogP contribution in [0.25, 0.3) is 5.69 Å². The van der Waals surface area contributed by atoms with Gasteiger partial charge in [0.25, 0.3) is 5.91 Å². The molecular weight excluding hydrogens is 358 g/mol. The number of hydrogen-bond acceptors (Lipinski definition) is 2. The van der Waals surface area contributed by atoms with Crippen LogP contribution in [0, 0.1) is 27.7 Å². The van der Waals surface area contributed by atoms with Gasteiger partial charge in [0.2, 0.25) is 0 Å². The second-order valence-corrected chi connectivity index (χ2v) is 7.05. The van der Waals surface area contributed by atoms with E-state index in [2.05, 4.69) is 67.1 Å². The number of aromatic nitrogens is 1. The summed E-state index contributed by atoms with van der Waals surface area (Å²) in [6.45, 7) is 8.35. The van der Waals surface area contributed by atoms with E-state index in [0.717, 1.165) is 17.0 Å². The molecule has 1 amide bonds. The Balaban J connectivity index is 1.85. The highest BCUT2D eigenvalue weighted by molar-refractivity contribution is 6.30. The van der Waals surface area contributed by atoms with Crippen molar-refractivity contribution in [3.05, 3.63) is 87.2 Å². The predicted octanol–water partition coefficient (Wildman–Crippen LogP) is 5.13. The molecule has 1 heterocycles. The second kappa shape index (κ2) is 7.80. The van der Waals surface area contributed by atoms with Gasteiger partial charge in [-0.2, -0.15) is 5.10 Å². The number of amides is 1. The van der Waals surface area contributed by atoms with Crippen LogP contribution >= 0.6 is 11.6 Å². The van der Waals surface area contributed by atoms with E-state index in [1.807, 2.05) is 0 Å². The summed E-state index contributed by atoms with van der Waals surface area (Å²) in [5.74, 6) is -0.294. The molecule has 4 nitrogen and oxygen atoms in total. The highest BCUT2D eigenvalue weighted by Crippen LogP contribution is 2.25. The number of halogens is 1. The van der Waals surface area contributed by atoms with Crippen LogP contribution in [-0.4, -0.2) is 16.7 Å². The SMILES string of the molecule is Cc1cccc(C)c1-n1c(C)cc(/C=N\NC(=O)c2cccc(Cl)c2)c1C. The zero-order chi connectivity index (χ0) is 19.6. The van der Waals surface area contributed by atoms with Gasteiger partial charge in [0.05, 0.1) is 11.9 Å². The molecule has 138 valence electrons. The normalized spacial score (nSPS) is 11.1. The average molecular weight is 380 g/mol.